The van der Waals surface area contributed by atoms with Gasteiger partial charge in [-0.05, 0) is 38.9 Å². The summed E-state index contributed by atoms with van der Waals surface area (Å²) in [5, 5.41) is 3.26. The van der Waals surface area contributed by atoms with Gasteiger partial charge in [0.25, 0.3) is 5.91 Å². The molecule has 5 nitrogen and oxygen atoms in total. The number of nitrogens with zero attached hydrogens (tertiary/aromatic N) is 1. The fourth-order valence-electron chi connectivity index (χ4n) is 1.46. The van der Waals surface area contributed by atoms with Gasteiger partial charge in [-0.25, -0.2) is 0 Å². The summed E-state index contributed by atoms with van der Waals surface area (Å²) >= 11 is 0. The normalized spacial score (nSPS) is 12.2. The van der Waals surface area contributed by atoms with Crippen molar-refractivity contribution >= 4 is 5.91 Å². The molecule has 1 unspecified atom stereocenters. The van der Waals surface area contributed by atoms with Gasteiger partial charge in [-0.1, -0.05) is 6.92 Å². The Morgan fingerprint density at radius 3 is 2.89 bits per heavy atom. The Kier molecular flexibility index (Phi) is 5.58. The third-order valence-electron chi connectivity index (χ3n) is 2.50. The van der Waals surface area contributed by atoms with Crippen molar-refractivity contribution in [1.29, 1.82) is 0 Å². The van der Waals surface area contributed by atoms with Crippen LogP contribution in [0.25, 0.3) is 0 Å². The number of carbonyl (C=O) groups is 1. The van der Waals surface area contributed by atoms with Crippen LogP contribution in [0.3, 0.4) is 0 Å². The fourth-order valence-corrected chi connectivity index (χ4v) is 1.46. The lowest BCUT2D eigenvalue weighted by molar-refractivity contribution is -0.124. The molecule has 1 amide bonds. The predicted octanol–water partition coefficient (Wildman–Crippen LogP) is 1.14. The quantitative estimate of drug-likeness (QED) is 0.712. The number of pyridine rings is 1. The minimum absolute atomic E-state index is 0.483. The second kappa shape index (κ2) is 6.96. The van der Waals surface area contributed by atoms with Crippen molar-refractivity contribution < 1.29 is 9.53 Å². The molecule has 3 N–H and O–H groups in total. The van der Waals surface area contributed by atoms with Crippen LogP contribution in [0.5, 0.6) is 5.75 Å². The van der Waals surface area contributed by atoms with E-state index in [2.05, 4.69) is 17.2 Å². The number of hydrogen-bond donors (Lipinski definition) is 2. The SMILES string of the molecule is CCCNCc1nc(C)ccc1OC(C)C(N)=O. The van der Waals surface area contributed by atoms with Gasteiger partial charge in [0.05, 0.1) is 5.69 Å². The van der Waals surface area contributed by atoms with E-state index in [4.69, 9.17) is 10.5 Å². The Labute approximate surface area is 108 Å². The summed E-state index contributed by atoms with van der Waals surface area (Å²) in [6, 6.07) is 3.68. The molecular weight excluding hydrogens is 230 g/mol. The fraction of sp³-hybridized carbons (Fsp3) is 0.538. The lowest BCUT2D eigenvalue weighted by Crippen LogP contribution is -2.31. The van der Waals surface area contributed by atoms with Gasteiger partial charge in [0.2, 0.25) is 0 Å². The zero-order chi connectivity index (χ0) is 13.5. The van der Waals surface area contributed by atoms with Crippen LogP contribution in [-0.2, 0) is 11.3 Å². The zero-order valence-electron chi connectivity index (χ0n) is 11.2. The largest absolute Gasteiger partial charge is 0.479 e. The van der Waals surface area contributed by atoms with E-state index in [9.17, 15) is 4.79 Å². The van der Waals surface area contributed by atoms with Gasteiger partial charge < -0.3 is 15.8 Å². The molecule has 0 aliphatic carbocycles. The second-order valence-corrected chi connectivity index (χ2v) is 4.24. The van der Waals surface area contributed by atoms with Gasteiger partial charge in [0, 0.05) is 12.2 Å². The van der Waals surface area contributed by atoms with Gasteiger partial charge >= 0.3 is 0 Å². The van der Waals surface area contributed by atoms with Crippen molar-refractivity contribution in [2.45, 2.75) is 39.8 Å². The molecule has 0 bridgehead atoms. The van der Waals surface area contributed by atoms with Gasteiger partial charge in [0.15, 0.2) is 6.10 Å². The number of aryl methyl sites for hydroxylation is 1. The first-order valence-electron chi connectivity index (χ1n) is 6.17. The molecule has 0 saturated carbocycles. The number of primary amides is 1. The first-order chi connectivity index (χ1) is 8.54. The van der Waals surface area contributed by atoms with Gasteiger partial charge in [-0.2, -0.15) is 0 Å². The molecule has 0 aliphatic rings. The average molecular weight is 251 g/mol. The Bertz CT molecular complexity index is 407. The summed E-state index contributed by atoms with van der Waals surface area (Å²) in [6.45, 7) is 7.19. The molecule has 1 atom stereocenters. The van der Waals surface area contributed by atoms with Crippen LogP contribution in [0.2, 0.25) is 0 Å². The molecule has 0 radical (unpaired) electrons. The summed E-state index contributed by atoms with van der Waals surface area (Å²) in [4.78, 5) is 15.4. The standard InChI is InChI=1S/C13H21N3O2/c1-4-7-15-8-11-12(6-5-9(2)16-11)18-10(3)13(14)17/h5-6,10,15H,4,7-8H2,1-3H3,(H2,14,17). The third kappa shape index (κ3) is 4.33. The number of carbonyl (C=O) groups excluding carboxylic acids is 1. The van der Waals surface area contributed by atoms with Crippen molar-refractivity contribution in [3.05, 3.63) is 23.5 Å². The molecule has 1 aromatic heterocycles. The minimum atomic E-state index is -0.653. The maximum Gasteiger partial charge on any atom is 0.258 e. The predicted molar refractivity (Wildman–Crippen MR) is 70.3 cm³/mol. The molecule has 1 aromatic rings. The third-order valence-corrected chi connectivity index (χ3v) is 2.50. The van der Waals surface area contributed by atoms with Crippen LogP contribution in [-0.4, -0.2) is 23.5 Å². The monoisotopic (exact) mass is 251 g/mol. The topological polar surface area (TPSA) is 77.2 Å². The van der Waals surface area contributed by atoms with Crippen LogP contribution >= 0.6 is 0 Å². The van der Waals surface area contributed by atoms with E-state index in [0.717, 1.165) is 24.4 Å². The van der Waals surface area contributed by atoms with Crippen LogP contribution in [0, 0.1) is 6.92 Å². The average Bonchev–Trinajstić information content (AvgIpc) is 2.32. The number of aromatic nitrogens is 1. The highest BCUT2D eigenvalue weighted by Crippen LogP contribution is 2.18. The smallest absolute Gasteiger partial charge is 0.258 e. The molecule has 0 aromatic carbocycles. The van der Waals surface area contributed by atoms with E-state index in [0.29, 0.717) is 12.3 Å². The first-order valence-corrected chi connectivity index (χ1v) is 6.17. The van der Waals surface area contributed by atoms with Gasteiger partial charge in [0.1, 0.15) is 5.75 Å². The first kappa shape index (κ1) is 14.4. The molecule has 0 spiro atoms. The maximum atomic E-state index is 11.0. The van der Waals surface area contributed by atoms with Crippen LogP contribution in [0.4, 0.5) is 0 Å². The highest BCUT2D eigenvalue weighted by atomic mass is 16.5. The molecule has 1 heterocycles. The highest BCUT2D eigenvalue weighted by molar-refractivity contribution is 5.78. The molecule has 0 saturated heterocycles. The van der Waals surface area contributed by atoms with E-state index in [1.807, 2.05) is 19.1 Å². The van der Waals surface area contributed by atoms with Crippen LogP contribution in [0.1, 0.15) is 31.7 Å². The highest BCUT2D eigenvalue weighted by Gasteiger charge is 2.13. The molecule has 1 rings (SSSR count). The summed E-state index contributed by atoms with van der Waals surface area (Å²) in [7, 11) is 0. The zero-order valence-corrected chi connectivity index (χ0v) is 11.2. The van der Waals surface area contributed by atoms with Crippen molar-refractivity contribution in [1.82, 2.24) is 10.3 Å². The summed E-state index contributed by atoms with van der Waals surface area (Å²) in [6.07, 6.45) is 0.402. The molecule has 100 valence electrons. The lowest BCUT2D eigenvalue weighted by atomic mass is 10.2. The Hall–Kier alpha value is -1.62. The van der Waals surface area contributed by atoms with Crippen molar-refractivity contribution in [2.75, 3.05) is 6.54 Å². The molecule has 5 heteroatoms. The molecular formula is C13H21N3O2. The van der Waals surface area contributed by atoms with E-state index in [1.165, 1.54) is 0 Å². The van der Waals surface area contributed by atoms with Crippen molar-refractivity contribution in [3.8, 4) is 5.75 Å². The van der Waals surface area contributed by atoms with Crippen LogP contribution < -0.4 is 15.8 Å². The summed E-state index contributed by atoms with van der Waals surface area (Å²) in [5.74, 6) is 0.124. The summed E-state index contributed by atoms with van der Waals surface area (Å²) < 4.78 is 5.52. The molecule has 18 heavy (non-hydrogen) atoms. The molecule has 0 fully saturated rings. The lowest BCUT2D eigenvalue weighted by Gasteiger charge is -2.15. The Morgan fingerprint density at radius 2 is 2.28 bits per heavy atom. The maximum absolute atomic E-state index is 11.0. The minimum Gasteiger partial charge on any atom is -0.479 e. The Morgan fingerprint density at radius 1 is 1.56 bits per heavy atom. The number of amides is 1. The second-order valence-electron chi connectivity index (χ2n) is 4.24. The van der Waals surface area contributed by atoms with E-state index in [1.54, 1.807) is 6.92 Å². The van der Waals surface area contributed by atoms with Gasteiger partial charge in [-0.15, -0.1) is 0 Å². The van der Waals surface area contributed by atoms with E-state index >= 15 is 0 Å². The van der Waals surface area contributed by atoms with Crippen molar-refractivity contribution in [3.63, 3.8) is 0 Å². The van der Waals surface area contributed by atoms with E-state index in [-0.39, 0.29) is 0 Å². The number of ether oxygens (including phenoxy) is 1. The van der Waals surface area contributed by atoms with Crippen molar-refractivity contribution in [2.24, 2.45) is 5.73 Å². The van der Waals surface area contributed by atoms with E-state index < -0.39 is 12.0 Å². The number of hydrogen-bond acceptors (Lipinski definition) is 4. The van der Waals surface area contributed by atoms with Crippen LogP contribution in [0.15, 0.2) is 12.1 Å². The Balaban J connectivity index is 2.78. The molecule has 0 aliphatic heterocycles. The number of nitrogens with two attached hydrogens (primary N) is 1. The summed E-state index contributed by atoms with van der Waals surface area (Å²) in [5.41, 5.74) is 6.91. The number of nitrogens with one attached hydrogen (secondary N) is 1. The number of rotatable bonds is 7. The van der Waals surface area contributed by atoms with Gasteiger partial charge in [-0.3, -0.25) is 9.78 Å².